The van der Waals surface area contributed by atoms with Crippen LogP contribution in [0.15, 0.2) is 42.5 Å². The van der Waals surface area contributed by atoms with Gasteiger partial charge >= 0.3 is 0 Å². The van der Waals surface area contributed by atoms with Gasteiger partial charge in [0.2, 0.25) is 0 Å². The fourth-order valence-electron chi connectivity index (χ4n) is 3.35. The summed E-state index contributed by atoms with van der Waals surface area (Å²) in [6.07, 6.45) is 3.52. The average molecular weight is 388 g/mol. The van der Waals surface area contributed by atoms with Crippen molar-refractivity contribution in [3.05, 3.63) is 76.1 Å². The summed E-state index contributed by atoms with van der Waals surface area (Å²) in [4.78, 5) is 12.8. The molecule has 7 heteroatoms. The molecule has 3 aromatic rings. The van der Waals surface area contributed by atoms with Crippen LogP contribution in [-0.4, -0.2) is 15.7 Å². The number of benzene rings is 2. The van der Waals surface area contributed by atoms with Gasteiger partial charge in [-0.15, -0.1) is 0 Å². The van der Waals surface area contributed by atoms with Crippen molar-refractivity contribution in [2.24, 2.45) is 0 Å². The number of hydrogen-bond donors (Lipinski definition) is 1. The van der Waals surface area contributed by atoms with Crippen molar-refractivity contribution < 1.29 is 13.6 Å². The number of carbonyl (C=O) groups is 1. The summed E-state index contributed by atoms with van der Waals surface area (Å²) in [5, 5.41) is 7.32. The summed E-state index contributed by atoms with van der Waals surface area (Å²) in [6, 6.07) is 9.79. The molecule has 27 heavy (non-hydrogen) atoms. The third-order valence-electron chi connectivity index (χ3n) is 4.65. The maximum atomic E-state index is 13.3. The van der Waals surface area contributed by atoms with Crippen molar-refractivity contribution in [3.8, 4) is 5.69 Å². The lowest BCUT2D eigenvalue weighted by molar-refractivity contribution is 0.102. The highest BCUT2D eigenvalue weighted by Gasteiger charge is 2.26. The molecule has 1 N–H and O–H groups in total. The minimum Gasteiger partial charge on any atom is -0.319 e. The SMILES string of the molecule is O=C(Nc1ccc(F)cc1Cl)c1nn(-c2ccc(F)cc2)c2c1CCCC2. The van der Waals surface area contributed by atoms with Crippen LogP contribution in [0.5, 0.6) is 0 Å². The third kappa shape index (κ3) is 3.45. The number of aromatic nitrogens is 2. The molecule has 1 aliphatic rings. The summed E-state index contributed by atoms with van der Waals surface area (Å²) >= 11 is 6.00. The van der Waals surface area contributed by atoms with Crippen LogP contribution >= 0.6 is 11.6 Å². The van der Waals surface area contributed by atoms with Gasteiger partial charge in [-0.3, -0.25) is 4.79 Å². The van der Waals surface area contributed by atoms with Crippen molar-refractivity contribution in [2.45, 2.75) is 25.7 Å². The van der Waals surface area contributed by atoms with Crippen molar-refractivity contribution in [2.75, 3.05) is 5.32 Å². The van der Waals surface area contributed by atoms with Gasteiger partial charge in [0.1, 0.15) is 11.6 Å². The first kappa shape index (κ1) is 17.7. The van der Waals surface area contributed by atoms with E-state index in [0.717, 1.165) is 43.0 Å². The van der Waals surface area contributed by atoms with Crippen LogP contribution in [-0.2, 0) is 12.8 Å². The van der Waals surface area contributed by atoms with E-state index in [9.17, 15) is 13.6 Å². The largest absolute Gasteiger partial charge is 0.319 e. The van der Waals surface area contributed by atoms with E-state index < -0.39 is 11.7 Å². The van der Waals surface area contributed by atoms with Crippen molar-refractivity contribution in [3.63, 3.8) is 0 Å². The maximum absolute atomic E-state index is 13.3. The van der Waals surface area contributed by atoms with Gasteiger partial charge in [0.25, 0.3) is 5.91 Å². The molecule has 0 fully saturated rings. The van der Waals surface area contributed by atoms with E-state index in [1.807, 2.05) is 0 Å². The van der Waals surface area contributed by atoms with Crippen LogP contribution in [0.1, 0.15) is 34.6 Å². The molecule has 0 saturated carbocycles. The standard InChI is InChI=1S/C20H16ClF2N3O/c21-16-11-13(23)7-10-17(16)24-20(27)19-15-3-1-2-4-18(15)26(25-19)14-8-5-12(22)6-9-14/h5-11H,1-4H2,(H,24,27). The number of halogens is 3. The van der Waals surface area contributed by atoms with E-state index in [1.165, 1.54) is 24.3 Å². The summed E-state index contributed by atoms with van der Waals surface area (Å²) in [6.45, 7) is 0. The molecule has 0 atom stereocenters. The van der Waals surface area contributed by atoms with Crippen molar-refractivity contribution >= 4 is 23.2 Å². The second kappa shape index (κ2) is 7.12. The summed E-state index contributed by atoms with van der Waals surface area (Å²) in [5.74, 6) is -1.21. The zero-order chi connectivity index (χ0) is 19.0. The number of amides is 1. The van der Waals surface area contributed by atoms with Gasteiger partial charge in [-0.25, -0.2) is 13.5 Å². The second-order valence-electron chi connectivity index (χ2n) is 6.45. The highest BCUT2D eigenvalue weighted by molar-refractivity contribution is 6.33. The number of nitrogens with zero attached hydrogens (tertiary/aromatic N) is 2. The summed E-state index contributed by atoms with van der Waals surface area (Å²) in [5.41, 5.74) is 3.19. The van der Waals surface area contributed by atoms with Crippen LogP contribution < -0.4 is 5.32 Å². The van der Waals surface area contributed by atoms with Crippen LogP contribution in [0.25, 0.3) is 5.69 Å². The molecular weight excluding hydrogens is 372 g/mol. The molecule has 0 bridgehead atoms. The van der Waals surface area contributed by atoms with Gasteiger partial charge in [0, 0.05) is 11.3 Å². The van der Waals surface area contributed by atoms with Crippen molar-refractivity contribution in [1.29, 1.82) is 0 Å². The molecular formula is C20H16ClF2N3O. The lowest BCUT2D eigenvalue weighted by Gasteiger charge is -2.14. The van der Waals surface area contributed by atoms with Gasteiger partial charge in [0.15, 0.2) is 5.69 Å². The first-order valence-corrected chi connectivity index (χ1v) is 9.04. The van der Waals surface area contributed by atoms with E-state index in [2.05, 4.69) is 10.4 Å². The minimum absolute atomic E-state index is 0.121. The number of anilines is 1. The lowest BCUT2D eigenvalue weighted by atomic mass is 9.95. The molecule has 0 unspecified atom stereocenters. The molecule has 1 amide bonds. The van der Waals surface area contributed by atoms with E-state index in [4.69, 9.17) is 11.6 Å². The van der Waals surface area contributed by atoms with Crippen LogP contribution in [0.4, 0.5) is 14.5 Å². The fourth-order valence-corrected chi connectivity index (χ4v) is 3.56. The molecule has 4 nitrogen and oxygen atoms in total. The average Bonchev–Trinajstić information content (AvgIpc) is 3.04. The smallest absolute Gasteiger partial charge is 0.276 e. The molecule has 0 aliphatic heterocycles. The molecule has 1 aromatic heterocycles. The minimum atomic E-state index is -0.476. The molecule has 1 heterocycles. The molecule has 4 rings (SSSR count). The molecule has 0 spiro atoms. The van der Waals surface area contributed by atoms with Gasteiger partial charge in [-0.05, 0) is 68.1 Å². The number of fused-ring (bicyclic) bond motifs is 1. The van der Waals surface area contributed by atoms with Gasteiger partial charge in [-0.2, -0.15) is 5.10 Å². The number of rotatable bonds is 3. The number of carbonyl (C=O) groups excluding carboxylic acids is 1. The highest BCUT2D eigenvalue weighted by Crippen LogP contribution is 2.29. The predicted molar refractivity (Wildman–Crippen MR) is 99.5 cm³/mol. The van der Waals surface area contributed by atoms with E-state index in [-0.39, 0.29) is 10.8 Å². The predicted octanol–water partition coefficient (Wildman–Crippen LogP) is 4.94. The topological polar surface area (TPSA) is 46.9 Å². The Labute approximate surface area is 159 Å². The van der Waals surface area contributed by atoms with Gasteiger partial charge < -0.3 is 5.32 Å². The zero-order valence-electron chi connectivity index (χ0n) is 14.3. The Hall–Kier alpha value is -2.73. The number of nitrogens with one attached hydrogen (secondary N) is 1. The van der Waals surface area contributed by atoms with E-state index in [0.29, 0.717) is 17.1 Å². The maximum Gasteiger partial charge on any atom is 0.276 e. The lowest BCUT2D eigenvalue weighted by Crippen LogP contribution is -2.16. The van der Waals surface area contributed by atoms with Crippen LogP contribution in [0.2, 0.25) is 5.02 Å². The molecule has 1 aliphatic carbocycles. The van der Waals surface area contributed by atoms with Gasteiger partial charge in [0.05, 0.1) is 16.4 Å². The Morgan fingerprint density at radius 1 is 1.04 bits per heavy atom. The molecule has 2 aromatic carbocycles. The zero-order valence-corrected chi connectivity index (χ0v) is 15.1. The number of hydrogen-bond acceptors (Lipinski definition) is 2. The Kier molecular flexibility index (Phi) is 4.66. The summed E-state index contributed by atoms with van der Waals surface area (Å²) < 4.78 is 28.2. The normalized spacial score (nSPS) is 13.3. The third-order valence-corrected chi connectivity index (χ3v) is 4.96. The van der Waals surface area contributed by atoms with Crippen molar-refractivity contribution in [1.82, 2.24) is 9.78 Å². The first-order valence-electron chi connectivity index (χ1n) is 8.66. The molecule has 138 valence electrons. The Bertz CT molecular complexity index is 1010. The monoisotopic (exact) mass is 387 g/mol. The Balaban J connectivity index is 1.72. The Morgan fingerprint density at radius 3 is 2.48 bits per heavy atom. The molecule has 0 saturated heterocycles. The summed E-state index contributed by atoms with van der Waals surface area (Å²) in [7, 11) is 0. The quantitative estimate of drug-likeness (QED) is 0.692. The second-order valence-corrected chi connectivity index (χ2v) is 6.85. The Morgan fingerprint density at radius 2 is 1.74 bits per heavy atom. The first-order chi connectivity index (χ1) is 13.0. The van der Waals surface area contributed by atoms with Gasteiger partial charge in [-0.1, -0.05) is 11.6 Å². The van der Waals surface area contributed by atoms with E-state index in [1.54, 1.807) is 16.8 Å². The highest BCUT2D eigenvalue weighted by atomic mass is 35.5. The van der Waals surface area contributed by atoms with Crippen LogP contribution in [0.3, 0.4) is 0 Å². The van der Waals surface area contributed by atoms with Crippen LogP contribution in [0, 0.1) is 11.6 Å². The fraction of sp³-hybridized carbons (Fsp3) is 0.200. The van der Waals surface area contributed by atoms with E-state index >= 15 is 0 Å². The molecule has 0 radical (unpaired) electrons.